The average Bonchev–Trinajstić information content (AvgIpc) is 2.45. The number of anilines is 2. The molecule has 1 unspecified atom stereocenters. The molecule has 112 valence electrons. The lowest BCUT2D eigenvalue weighted by molar-refractivity contribution is -0.138. The average molecular weight is 288 g/mol. The Labute approximate surface area is 123 Å². The van der Waals surface area contributed by atoms with Crippen molar-refractivity contribution in [3.8, 4) is 0 Å². The quantitative estimate of drug-likeness (QED) is 0.849. The molecule has 21 heavy (non-hydrogen) atoms. The van der Waals surface area contributed by atoms with Crippen LogP contribution in [0.5, 0.6) is 0 Å². The molecule has 0 amide bonds. The Morgan fingerprint density at radius 2 is 2.05 bits per heavy atom. The molecule has 2 aromatic rings. The van der Waals surface area contributed by atoms with Gasteiger partial charge in [-0.1, -0.05) is 25.5 Å². The summed E-state index contributed by atoms with van der Waals surface area (Å²) in [6.07, 6.45) is 1.31. The molecule has 1 heterocycles. The number of para-hydroxylation sites is 1. The summed E-state index contributed by atoms with van der Waals surface area (Å²) in [4.78, 5) is 22.0. The van der Waals surface area contributed by atoms with E-state index in [1.165, 1.54) is 0 Å². The maximum Gasteiger partial charge on any atom is 0.326 e. The summed E-state index contributed by atoms with van der Waals surface area (Å²) >= 11 is 0. The van der Waals surface area contributed by atoms with E-state index in [2.05, 4.69) is 15.3 Å². The first-order chi connectivity index (χ1) is 10.0. The topological polar surface area (TPSA) is 78.4 Å². The van der Waals surface area contributed by atoms with Crippen molar-refractivity contribution in [2.45, 2.75) is 25.8 Å². The normalized spacial score (nSPS) is 12.1. The van der Waals surface area contributed by atoms with Gasteiger partial charge in [-0.15, -0.1) is 0 Å². The van der Waals surface area contributed by atoms with Gasteiger partial charge in [0.05, 0.1) is 5.52 Å². The maximum absolute atomic E-state index is 11.2. The summed E-state index contributed by atoms with van der Waals surface area (Å²) in [5.41, 5.74) is 0.791. The Bertz CT molecular complexity index is 643. The van der Waals surface area contributed by atoms with E-state index in [0.717, 1.165) is 23.1 Å². The van der Waals surface area contributed by atoms with Crippen LogP contribution in [0.25, 0.3) is 10.9 Å². The fourth-order valence-corrected chi connectivity index (χ4v) is 2.17. The molecule has 6 nitrogen and oxygen atoms in total. The third kappa shape index (κ3) is 3.39. The fourth-order valence-electron chi connectivity index (χ4n) is 2.17. The molecule has 0 radical (unpaired) electrons. The van der Waals surface area contributed by atoms with Crippen LogP contribution in [0.1, 0.15) is 19.8 Å². The second-order valence-electron chi connectivity index (χ2n) is 5.11. The number of carbonyl (C=O) groups is 1. The SMILES string of the molecule is CCCC(Nc1nc(N(C)C)c2ccccc2n1)C(=O)O. The Balaban J connectivity index is 2.42. The van der Waals surface area contributed by atoms with Gasteiger partial charge in [0.2, 0.25) is 5.95 Å². The lowest BCUT2D eigenvalue weighted by atomic mass is 10.2. The number of benzene rings is 1. The first-order valence-corrected chi connectivity index (χ1v) is 6.96. The predicted molar refractivity (Wildman–Crippen MR) is 83.8 cm³/mol. The largest absolute Gasteiger partial charge is 0.480 e. The van der Waals surface area contributed by atoms with Gasteiger partial charge in [-0.2, -0.15) is 4.98 Å². The minimum atomic E-state index is -0.889. The van der Waals surface area contributed by atoms with Gasteiger partial charge in [-0.25, -0.2) is 9.78 Å². The standard InChI is InChI=1S/C15H20N4O2/c1-4-7-12(14(20)21)17-15-16-11-9-6-5-8-10(11)13(18-15)19(2)3/h5-6,8-9,12H,4,7H2,1-3H3,(H,20,21)(H,16,17,18). The van der Waals surface area contributed by atoms with Crippen LogP contribution >= 0.6 is 0 Å². The highest BCUT2D eigenvalue weighted by atomic mass is 16.4. The number of nitrogens with one attached hydrogen (secondary N) is 1. The van der Waals surface area contributed by atoms with Crippen molar-refractivity contribution in [3.05, 3.63) is 24.3 Å². The molecular weight excluding hydrogens is 268 g/mol. The highest BCUT2D eigenvalue weighted by Crippen LogP contribution is 2.24. The molecule has 0 aliphatic carbocycles. The van der Waals surface area contributed by atoms with Crippen molar-refractivity contribution in [1.82, 2.24) is 9.97 Å². The molecule has 1 aromatic heterocycles. The molecular formula is C15H20N4O2. The minimum Gasteiger partial charge on any atom is -0.480 e. The Hall–Kier alpha value is -2.37. The van der Waals surface area contributed by atoms with E-state index in [4.69, 9.17) is 0 Å². The number of rotatable bonds is 6. The first-order valence-electron chi connectivity index (χ1n) is 6.96. The third-order valence-corrected chi connectivity index (χ3v) is 3.19. The van der Waals surface area contributed by atoms with Crippen LogP contribution in [0, 0.1) is 0 Å². The molecule has 6 heteroatoms. The molecule has 0 bridgehead atoms. The highest BCUT2D eigenvalue weighted by molar-refractivity contribution is 5.90. The van der Waals surface area contributed by atoms with Crippen LogP contribution < -0.4 is 10.2 Å². The number of carboxylic acid groups (broad SMARTS) is 1. The molecule has 0 aliphatic heterocycles. The third-order valence-electron chi connectivity index (χ3n) is 3.19. The van der Waals surface area contributed by atoms with Crippen LogP contribution in [0.15, 0.2) is 24.3 Å². The van der Waals surface area contributed by atoms with Gasteiger partial charge in [0, 0.05) is 19.5 Å². The van der Waals surface area contributed by atoms with E-state index in [-0.39, 0.29) is 0 Å². The van der Waals surface area contributed by atoms with E-state index < -0.39 is 12.0 Å². The summed E-state index contributed by atoms with van der Waals surface area (Å²) in [6, 6.07) is 7.01. The minimum absolute atomic E-state index is 0.346. The molecule has 0 aliphatic rings. The lowest BCUT2D eigenvalue weighted by Gasteiger charge is -2.18. The second-order valence-corrected chi connectivity index (χ2v) is 5.11. The second kappa shape index (κ2) is 6.39. The van der Waals surface area contributed by atoms with E-state index in [0.29, 0.717) is 12.4 Å². The summed E-state index contributed by atoms with van der Waals surface area (Å²) in [7, 11) is 3.80. The van der Waals surface area contributed by atoms with E-state index in [1.54, 1.807) is 0 Å². The zero-order valence-corrected chi connectivity index (χ0v) is 12.5. The Morgan fingerprint density at radius 1 is 1.33 bits per heavy atom. The molecule has 0 spiro atoms. The zero-order valence-electron chi connectivity index (χ0n) is 12.5. The van der Waals surface area contributed by atoms with Crippen LogP contribution in [0.4, 0.5) is 11.8 Å². The first kappa shape index (κ1) is 15.0. The van der Waals surface area contributed by atoms with Crippen molar-refractivity contribution in [3.63, 3.8) is 0 Å². The molecule has 1 atom stereocenters. The van der Waals surface area contributed by atoms with E-state index in [1.807, 2.05) is 50.2 Å². The van der Waals surface area contributed by atoms with Crippen molar-refractivity contribution in [1.29, 1.82) is 0 Å². The highest BCUT2D eigenvalue weighted by Gasteiger charge is 2.18. The van der Waals surface area contributed by atoms with Gasteiger partial charge < -0.3 is 15.3 Å². The van der Waals surface area contributed by atoms with Crippen molar-refractivity contribution in [2.24, 2.45) is 0 Å². The van der Waals surface area contributed by atoms with Gasteiger partial charge in [0.1, 0.15) is 11.9 Å². The monoisotopic (exact) mass is 288 g/mol. The Morgan fingerprint density at radius 3 is 2.67 bits per heavy atom. The van der Waals surface area contributed by atoms with Crippen molar-refractivity contribution in [2.75, 3.05) is 24.3 Å². The Kier molecular flexibility index (Phi) is 4.57. The van der Waals surface area contributed by atoms with Crippen LogP contribution in [-0.2, 0) is 4.79 Å². The number of aromatic nitrogens is 2. The number of hydrogen-bond acceptors (Lipinski definition) is 5. The summed E-state index contributed by atoms with van der Waals surface area (Å²) in [5, 5.41) is 13.1. The molecule has 2 rings (SSSR count). The van der Waals surface area contributed by atoms with Gasteiger partial charge in [0.25, 0.3) is 0 Å². The molecule has 0 saturated heterocycles. The van der Waals surface area contributed by atoms with Gasteiger partial charge in [0.15, 0.2) is 0 Å². The van der Waals surface area contributed by atoms with Crippen LogP contribution in [0.2, 0.25) is 0 Å². The lowest BCUT2D eigenvalue weighted by Crippen LogP contribution is -2.30. The van der Waals surface area contributed by atoms with Crippen LogP contribution in [-0.4, -0.2) is 41.2 Å². The fraction of sp³-hybridized carbons (Fsp3) is 0.400. The summed E-state index contributed by atoms with van der Waals surface area (Å²) < 4.78 is 0. The maximum atomic E-state index is 11.2. The van der Waals surface area contributed by atoms with Crippen LogP contribution in [0.3, 0.4) is 0 Å². The predicted octanol–water partition coefficient (Wildman–Crippen LogP) is 2.36. The number of carboxylic acids is 1. The van der Waals surface area contributed by atoms with Gasteiger partial charge >= 0.3 is 5.97 Å². The number of hydrogen-bond donors (Lipinski definition) is 2. The number of fused-ring (bicyclic) bond motifs is 1. The molecule has 1 aromatic carbocycles. The van der Waals surface area contributed by atoms with Gasteiger partial charge in [-0.05, 0) is 18.6 Å². The van der Waals surface area contributed by atoms with Crippen molar-refractivity contribution < 1.29 is 9.90 Å². The molecule has 2 N–H and O–H groups in total. The zero-order chi connectivity index (χ0) is 15.4. The summed E-state index contributed by atoms with van der Waals surface area (Å²) in [6.45, 7) is 1.95. The number of aliphatic carboxylic acids is 1. The van der Waals surface area contributed by atoms with E-state index in [9.17, 15) is 9.90 Å². The summed E-state index contributed by atoms with van der Waals surface area (Å²) in [5.74, 6) is 0.224. The van der Waals surface area contributed by atoms with E-state index >= 15 is 0 Å². The number of nitrogens with zero attached hydrogens (tertiary/aromatic N) is 3. The van der Waals surface area contributed by atoms with Gasteiger partial charge in [-0.3, -0.25) is 0 Å². The molecule has 0 fully saturated rings. The smallest absolute Gasteiger partial charge is 0.326 e. The van der Waals surface area contributed by atoms with Crippen molar-refractivity contribution >= 4 is 28.6 Å². The molecule has 0 saturated carbocycles.